The van der Waals surface area contributed by atoms with E-state index >= 15 is 0 Å². The number of nitrogens with one attached hydrogen (secondary N) is 1. The molecule has 2 aromatic rings. The number of fused-ring (bicyclic) bond motifs is 1. The second kappa shape index (κ2) is 9.04. The van der Waals surface area contributed by atoms with Crippen molar-refractivity contribution < 1.29 is 19.1 Å². The first kappa shape index (κ1) is 20.7. The Hall–Kier alpha value is -3.61. The van der Waals surface area contributed by atoms with Crippen molar-refractivity contribution in [2.75, 3.05) is 25.5 Å². The molecule has 0 saturated carbocycles. The Bertz CT molecular complexity index is 1020. The number of piperidine rings is 1. The number of ether oxygens (including phenoxy) is 1. The Morgan fingerprint density at radius 1 is 1.06 bits per heavy atom. The number of benzene rings is 2. The maximum Gasteiger partial charge on any atom is 0.322 e. The molecule has 0 aromatic heterocycles. The number of allylic oxidation sites excluding steroid dienone is 1. The number of ketones is 1. The third-order valence-corrected chi connectivity index (χ3v) is 5.81. The first-order valence-electron chi connectivity index (χ1n) is 10.4. The number of anilines is 1. The van der Waals surface area contributed by atoms with Crippen LogP contribution in [0.15, 0.2) is 60.7 Å². The smallest absolute Gasteiger partial charge is 0.322 e. The molecule has 1 saturated heterocycles. The molecule has 2 heterocycles. The molecule has 7 nitrogen and oxygen atoms in total. The lowest BCUT2D eigenvalue weighted by Crippen LogP contribution is -2.50. The molecule has 0 radical (unpaired) electrons. The molecule has 1 fully saturated rings. The van der Waals surface area contributed by atoms with Gasteiger partial charge in [-0.05, 0) is 42.7 Å². The van der Waals surface area contributed by atoms with Crippen molar-refractivity contribution in [3.05, 3.63) is 71.8 Å². The molecule has 4 rings (SSSR count). The number of amides is 3. The lowest BCUT2D eigenvalue weighted by molar-refractivity contribution is -0.127. The van der Waals surface area contributed by atoms with Crippen molar-refractivity contribution in [2.24, 2.45) is 0 Å². The van der Waals surface area contributed by atoms with E-state index in [-0.39, 0.29) is 23.8 Å². The third kappa shape index (κ3) is 4.60. The summed E-state index contributed by atoms with van der Waals surface area (Å²) < 4.78 is 5.13. The molecule has 0 bridgehead atoms. The summed E-state index contributed by atoms with van der Waals surface area (Å²) >= 11 is 0. The monoisotopic (exact) mass is 419 g/mol. The highest BCUT2D eigenvalue weighted by atomic mass is 16.5. The van der Waals surface area contributed by atoms with Crippen LogP contribution in [0.1, 0.15) is 28.8 Å². The van der Waals surface area contributed by atoms with Gasteiger partial charge in [0.15, 0.2) is 5.78 Å². The number of carbonyl (C=O) groups excluding carboxylic acids is 3. The zero-order chi connectivity index (χ0) is 21.8. The Morgan fingerprint density at radius 2 is 1.84 bits per heavy atom. The van der Waals surface area contributed by atoms with Crippen LogP contribution in [0.25, 0.3) is 0 Å². The number of rotatable bonds is 5. The summed E-state index contributed by atoms with van der Waals surface area (Å²) in [6.45, 7) is 1.68. The number of nitrogens with zero attached hydrogens (tertiary/aromatic N) is 2. The zero-order valence-electron chi connectivity index (χ0n) is 17.4. The van der Waals surface area contributed by atoms with Gasteiger partial charge in [0.2, 0.25) is 5.91 Å². The van der Waals surface area contributed by atoms with Crippen LogP contribution in [0.3, 0.4) is 0 Å². The summed E-state index contributed by atoms with van der Waals surface area (Å²) in [5.74, 6) is 0.158. The van der Waals surface area contributed by atoms with Gasteiger partial charge in [0.05, 0.1) is 7.11 Å². The molecule has 0 unspecified atom stereocenters. The SMILES string of the molecule is COc1cccc(C(=O)C=CC(=O)N2CCC(N3Cc4ccccc4NC3=O)CC2)c1. The van der Waals surface area contributed by atoms with E-state index in [0.29, 0.717) is 43.8 Å². The Labute approximate surface area is 181 Å². The number of carbonyl (C=O) groups is 3. The number of hydrogen-bond acceptors (Lipinski definition) is 4. The zero-order valence-corrected chi connectivity index (χ0v) is 17.4. The van der Waals surface area contributed by atoms with Crippen LogP contribution in [0.2, 0.25) is 0 Å². The number of likely N-dealkylation sites (tertiary alicyclic amines) is 1. The molecule has 2 aliphatic rings. The first-order valence-corrected chi connectivity index (χ1v) is 10.4. The minimum atomic E-state index is -0.245. The van der Waals surface area contributed by atoms with E-state index < -0.39 is 0 Å². The summed E-state index contributed by atoms with van der Waals surface area (Å²) in [4.78, 5) is 41.0. The maximum absolute atomic E-state index is 12.5. The molecule has 31 heavy (non-hydrogen) atoms. The van der Waals surface area contributed by atoms with Crippen LogP contribution in [-0.2, 0) is 11.3 Å². The minimum absolute atomic E-state index is 0.0831. The molecule has 160 valence electrons. The fourth-order valence-electron chi connectivity index (χ4n) is 4.04. The van der Waals surface area contributed by atoms with Gasteiger partial charge in [0.1, 0.15) is 5.75 Å². The van der Waals surface area contributed by atoms with E-state index in [2.05, 4.69) is 5.32 Å². The molecule has 1 N–H and O–H groups in total. The highest BCUT2D eigenvalue weighted by Crippen LogP contribution is 2.27. The molecule has 3 amide bonds. The van der Waals surface area contributed by atoms with Crippen LogP contribution in [0, 0.1) is 0 Å². The largest absolute Gasteiger partial charge is 0.497 e. The van der Waals surface area contributed by atoms with E-state index in [0.717, 1.165) is 11.3 Å². The molecule has 0 aliphatic carbocycles. The molecule has 7 heteroatoms. The second-order valence-electron chi connectivity index (χ2n) is 7.70. The van der Waals surface area contributed by atoms with Gasteiger partial charge in [-0.2, -0.15) is 0 Å². The van der Waals surface area contributed by atoms with Gasteiger partial charge in [0.25, 0.3) is 0 Å². The van der Waals surface area contributed by atoms with Gasteiger partial charge < -0.3 is 19.9 Å². The highest BCUT2D eigenvalue weighted by molar-refractivity contribution is 6.07. The van der Waals surface area contributed by atoms with E-state index in [1.165, 1.54) is 12.2 Å². The summed E-state index contributed by atoms with van der Waals surface area (Å²) in [6, 6.07) is 14.6. The van der Waals surface area contributed by atoms with Crippen molar-refractivity contribution in [1.82, 2.24) is 9.80 Å². The number of urea groups is 1. The molecule has 2 aliphatic heterocycles. The molecular formula is C24H25N3O4. The molecule has 0 spiro atoms. The van der Waals surface area contributed by atoms with Crippen molar-refractivity contribution in [3.8, 4) is 5.75 Å². The summed E-state index contributed by atoms with van der Waals surface area (Å²) in [6.07, 6.45) is 4.04. The lowest BCUT2D eigenvalue weighted by Gasteiger charge is -2.40. The topological polar surface area (TPSA) is 79.0 Å². The van der Waals surface area contributed by atoms with Crippen LogP contribution < -0.4 is 10.1 Å². The van der Waals surface area contributed by atoms with E-state index in [1.807, 2.05) is 29.2 Å². The quantitative estimate of drug-likeness (QED) is 0.595. The normalized spacial score (nSPS) is 16.7. The third-order valence-electron chi connectivity index (χ3n) is 5.81. The van der Waals surface area contributed by atoms with Crippen LogP contribution in [0.5, 0.6) is 5.75 Å². The van der Waals surface area contributed by atoms with Gasteiger partial charge in [-0.15, -0.1) is 0 Å². The van der Waals surface area contributed by atoms with Crippen LogP contribution in [-0.4, -0.2) is 53.8 Å². The Morgan fingerprint density at radius 3 is 2.61 bits per heavy atom. The predicted octanol–water partition coefficient (Wildman–Crippen LogP) is 3.47. The predicted molar refractivity (Wildman–Crippen MR) is 117 cm³/mol. The highest BCUT2D eigenvalue weighted by Gasteiger charge is 2.32. The molecule has 0 atom stereocenters. The molecule has 2 aromatic carbocycles. The fourth-order valence-corrected chi connectivity index (χ4v) is 4.04. The van der Waals surface area contributed by atoms with Gasteiger partial charge in [-0.1, -0.05) is 30.3 Å². The second-order valence-corrected chi connectivity index (χ2v) is 7.70. The van der Waals surface area contributed by atoms with Gasteiger partial charge >= 0.3 is 6.03 Å². The first-order chi connectivity index (χ1) is 15.0. The van der Waals surface area contributed by atoms with E-state index in [1.54, 1.807) is 36.3 Å². The maximum atomic E-state index is 12.5. The van der Waals surface area contributed by atoms with Crippen LogP contribution in [0.4, 0.5) is 10.5 Å². The summed E-state index contributed by atoms with van der Waals surface area (Å²) in [5, 5.41) is 2.95. The van der Waals surface area contributed by atoms with E-state index in [9.17, 15) is 14.4 Å². The number of hydrogen-bond donors (Lipinski definition) is 1. The lowest BCUT2D eigenvalue weighted by atomic mass is 10.0. The Kier molecular flexibility index (Phi) is 6.02. The average molecular weight is 419 g/mol. The number of para-hydroxylation sites is 1. The van der Waals surface area contributed by atoms with Crippen LogP contribution >= 0.6 is 0 Å². The minimum Gasteiger partial charge on any atom is -0.497 e. The summed E-state index contributed by atoms with van der Waals surface area (Å²) in [7, 11) is 1.54. The van der Waals surface area contributed by atoms with Gasteiger partial charge in [-0.25, -0.2) is 4.79 Å². The van der Waals surface area contributed by atoms with Gasteiger partial charge in [-0.3, -0.25) is 9.59 Å². The van der Waals surface area contributed by atoms with Crippen molar-refractivity contribution in [1.29, 1.82) is 0 Å². The standard InChI is InChI=1S/C24H25N3O4/c1-31-20-7-4-6-17(15-20)22(28)9-10-23(29)26-13-11-19(12-14-26)27-16-18-5-2-3-8-21(18)25-24(27)30/h2-10,15,19H,11-14,16H2,1H3,(H,25,30). The summed E-state index contributed by atoms with van der Waals surface area (Å²) in [5.41, 5.74) is 2.43. The fraction of sp³-hybridized carbons (Fsp3) is 0.292. The van der Waals surface area contributed by atoms with Crippen molar-refractivity contribution >= 4 is 23.4 Å². The van der Waals surface area contributed by atoms with Crippen molar-refractivity contribution in [3.63, 3.8) is 0 Å². The average Bonchev–Trinajstić information content (AvgIpc) is 2.82. The number of methoxy groups -OCH3 is 1. The Balaban J connectivity index is 1.32. The van der Waals surface area contributed by atoms with Gasteiger partial charge in [0, 0.05) is 43.0 Å². The molecular weight excluding hydrogens is 394 g/mol. The van der Waals surface area contributed by atoms with Crippen molar-refractivity contribution in [2.45, 2.75) is 25.4 Å². The van der Waals surface area contributed by atoms with E-state index in [4.69, 9.17) is 4.74 Å².